The van der Waals surface area contributed by atoms with Crippen molar-refractivity contribution >= 4 is 16.9 Å². The molecule has 2 aromatic heterocycles. The Bertz CT molecular complexity index is 1160. The summed E-state index contributed by atoms with van der Waals surface area (Å²) >= 11 is 0. The summed E-state index contributed by atoms with van der Waals surface area (Å²) in [6, 6.07) is 2.85. The number of hydrogen-bond acceptors (Lipinski definition) is 3. The van der Waals surface area contributed by atoms with E-state index in [0.29, 0.717) is 0 Å². The van der Waals surface area contributed by atoms with E-state index in [4.69, 9.17) is 0 Å². The number of aryl methyl sites for hydroxylation is 2. The summed E-state index contributed by atoms with van der Waals surface area (Å²) < 4.78 is 45.5. The highest BCUT2D eigenvalue weighted by molar-refractivity contribution is 5.97. The predicted molar refractivity (Wildman–Crippen MR) is 103 cm³/mol. The van der Waals surface area contributed by atoms with Gasteiger partial charge in [0.1, 0.15) is 18.1 Å². The lowest BCUT2D eigenvalue weighted by atomic mass is 9.94. The van der Waals surface area contributed by atoms with E-state index in [-0.39, 0.29) is 52.7 Å². The minimum atomic E-state index is -1.51. The first-order valence-corrected chi connectivity index (χ1v) is 9.17. The second-order valence-corrected chi connectivity index (χ2v) is 6.44. The van der Waals surface area contributed by atoms with Crippen molar-refractivity contribution in [1.29, 1.82) is 0 Å². The summed E-state index contributed by atoms with van der Waals surface area (Å²) in [5.74, 6) is -3.48. The minimum absolute atomic E-state index is 0.000824. The maximum atomic E-state index is 15.7. The third-order valence-electron chi connectivity index (χ3n) is 4.97. The molecule has 0 unspecified atom stereocenters. The van der Waals surface area contributed by atoms with Gasteiger partial charge in [0.25, 0.3) is 0 Å². The predicted octanol–water partition coefficient (Wildman–Crippen LogP) is 4.13. The van der Waals surface area contributed by atoms with E-state index in [0.717, 1.165) is 4.57 Å². The Labute approximate surface area is 164 Å². The van der Waals surface area contributed by atoms with E-state index in [9.17, 15) is 19.1 Å². The highest BCUT2D eigenvalue weighted by atomic mass is 19.1. The van der Waals surface area contributed by atoms with Crippen molar-refractivity contribution in [3.05, 3.63) is 63.2 Å². The quantitative estimate of drug-likeness (QED) is 0.671. The number of rotatable bonds is 6. The van der Waals surface area contributed by atoms with Gasteiger partial charge in [0.2, 0.25) is 5.43 Å². The Morgan fingerprint density at radius 3 is 2.31 bits per heavy atom. The maximum absolute atomic E-state index is 15.7. The van der Waals surface area contributed by atoms with Crippen molar-refractivity contribution in [1.82, 2.24) is 9.55 Å². The summed E-state index contributed by atoms with van der Waals surface area (Å²) in [6.45, 7) is 1.90. The number of benzene rings is 1. The second kappa shape index (κ2) is 8.06. The molecule has 0 saturated heterocycles. The largest absolute Gasteiger partial charge is 0.477 e. The highest BCUT2D eigenvalue weighted by Gasteiger charge is 2.29. The Morgan fingerprint density at radius 1 is 1.14 bits per heavy atom. The number of carboxylic acids is 1. The Morgan fingerprint density at radius 2 is 1.79 bits per heavy atom. The van der Waals surface area contributed by atoms with Crippen molar-refractivity contribution < 1.29 is 23.1 Å². The first-order chi connectivity index (χ1) is 13.9. The Kier molecular flexibility index (Phi) is 5.72. The molecular weight excluding hydrogens is 385 g/mol. The van der Waals surface area contributed by atoms with Gasteiger partial charge in [-0.3, -0.25) is 9.78 Å². The van der Waals surface area contributed by atoms with Crippen LogP contribution in [0.2, 0.25) is 0 Å². The number of carboxylic acid groups (broad SMARTS) is 1. The highest BCUT2D eigenvalue weighted by Crippen LogP contribution is 2.35. The van der Waals surface area contributed by atoms with Gasteiger partial charge in [-0.15, -0.1) is 0 Å². The van der Waals surface area contributed by atoms with Crippen LogP contribution in [-0.2, 0) is 19.4 Å². The van der Waals surface area contributed by atoms with Gasteiger partial charge in [0.15, 0.2) is 5.82 Å². The van der Waals surface area contributed by atoms with Gasteiger partial charge in [0.05, 0.1) is 23.0 Å². The molecule has 8 heteroatoms. The fourth-order valence-corrected chi connectivity index (χ4v) is 3.78. The number of fused-ring (bicyclic) bond motifs is 1. The van der Waals surface area contributed by atoms with E-state index in [2.05, 4.69) is 4.98 Å². The minimum Gasteiger partial charge on any atom is -0.477 e. The monoisotopic (exact) mass is 404 g/mol. The summed E-state index contributed by atoms with van der Waals surface area (Å²) in [5, 5.41) is 9.21. The lowest BCUT2D eigenvalue weighted by molar-refractivity contribution is 0.0693. The summed E-state index contributed by atoms with van der Waals surface area (Å²) in [4.78, 5) is 28.6. The van der Waals surface area contributed by atoms with Crippen LogP contribution < -0.4 is 5.43 Å². The van der Waals surface area contributed by atoms with Crippen molar-refractivity contribution in [3.8, 4) is 11.1 Å². The fourth-order valence-electron chi connectivity index (χ4n) is 3.78. The number of aromatic nitrogens is 2. The molecule has 0 aliphatic heterocycles. The number of halogens is 3. The van der Waals surface area contributed by atoms with Crippen LogP contribution in [0, 0.1) is 11.6 Å². The molecule has 3 rings (SSSR count). The zero-order chi connectivity index (χ0) is 21.3. The molecule has 29 heavy (non-hydrogen) atoms. The molecule has 0 spiro atoms. The molecule has 0 amide bonds. The van der Waals surface area contributed by atoms with Crippen LogP contribution in [0.4, 0.5) is 13.2 Å². The Balaban J connectivity index is 2.66. The van der Waals surface area contributed by atoms with Crippen LogP contribution in [0.5, 0.6) is 0 Å². The third kappa shape index (κ3) is 3.18. The smallest absolute Gasteiger partial charge is 0.341 e. The van der Waals surface area contributed by atoms with Crippen molar-refractivity contribution in [2.24, 2.45) is 0 Å². The van der Waals surface area contributed by atoms with Crippen LogP contribution in [-0.4, -0.2) is 27.3 Å². The summed E-state index contributed by atoms with van der Waals surface area (Å²) in [5.41, 5.74) is -2.06. The molecule has 5 nitrogen and oxygen atoms in total. The number of hydrogen-bond donors (Lipinski definition) is 1. The maximum Gasteiger partial charge on any atom is 0.341 e. The van der Waals surface area contributed by atoms with Crippen LogP contribution in [0.15, 0.2) is 29.3 Å². The van der Waals surface area contributed by atoms with E-state index in [1.807, 2.05) is 0 Å². The van der Waals surface area contributed by atoms with E-state index in [1.54, 1.807) is 13.8 Å². The van der Waals surface area contributed by atoms with Gasteiger partial charge < -0.3 is 9.67 Å². The molecular formula is C21H19F3N2O3. The topological polar surface area (TPSA) is 72.2 Å². The lowest BCUT2D eigenvalue weighted by Gasteiger charge is -2.21. The number of aromatic carboxylic acids is 1. The van der Waals surface area contributed by atoms with Gasteiger partial charge >= 0.3 is 5.97 Å². The zero-order valence-electron chi connectivity index (χ0n) is 15.9. The van der Waals surface area contributed by atoms with Gasteiger partial charge in [-0.05, 0) is 30.5 Å². The van der Waals surface area contributed by atoms with Gasteiger partial charge in [-0.2, -0.15) is 0 Å². The fraction of sp³-hybridized carbons (Fsp3) is 0.286. The van der Waals surface area contributed by atoms with Crippen LogP contribution in [0.25, 0.3) is 22.0 Å². The first kappa shape index (κ1) is 20.6. The molecule has 0 aliphatic rings. The van der Waals surface area contributed by atoms with E-state index >= 15 is 8.78 Å². The van der Waals surface area contributed by atoms with Crippen molar-refractivity contribution in [3.63, 3.8) is 0 Å². The molecule has 1 N–H and O–H groups in total. The number of carbonyl (C=O) groups is 1. The normalized spacial score (nSPS) is 11.2. The lowest BCUT2D eigenvalue weighted by Crippen LogP contribution is -2.26. The summed E-state index contributed by atoms with van der Waals surface area (Å²) in [6.07, 6.45) is 2.85. The number of pyridine rings is 2. The van der Waals surface area contributed by atoms with E-state index in [1.165, 1.54) is 24.5 Å². The average molecular weight is 404 g/mol. The third-order valence-corrected chi connectivity index (χ3v) is 4.97. The summed E-state index contributed by atoms with van der Waals surface area (Å²) in [7, 11) is 0. The number of alkyl halides is 1. The molecule has 0 fully saturated rings. The molecule has 3 aromatic rings. The van der Waals surface area contributed by atoms with Crippen molar-refractivity contribution in [2.45, 2.75) is 33.2 Å². The molecule has 152 valence electrons. The van der Waals surface area contributed by atoms with Crippen LogP contribution in [0.3, 0.4) is 0 Å². The molecule has 2 heterocycles. The molecule has 0 bridgehead atoms. The zero-order valence-corrected chi connectivity index (χ0v) is 15.9. The molecule has 0 atom stereocenters. The first-order valence-electron chi connectivity index (χ1n) is 9.17. The van der Waals surface area contributed by atoms with Crippen LogP contribution in [0.1, 0.15) is 35.5 Å². The van der Waals surface area contributed by atoms with Crippen molar-refractivity contribution in [2.75, 3.05) is 6.67 Å². The molecule has 0 aliphatic carbocycles. The molecule has 0 saturated carbocycles. The van der Waals surface area contributed by atoms with Gasteiger partial charge in [-0.25, -0.2) is 18.0 Å². The molecule has 1 aromatic carbocycles. The molecule has 0 radical (unpaired) electrons. The SMILES string of the molecule is CCc1c(F)c(-c2ccncc2)c(F)c2c1c(=O)c(C(=O)O)c(CC)n2CCF. The second-order valence-electron chi connectivity index (χ2n) is 6.44. The number of nitrogens with zero attached hydrogens (tertiary/aromatic N) is 2. The standard InChI is InChI=1S/C21H19F3N2O3/c1-3-12-15-19(18(24)14(17(12)23)11-5-8-25-9-6-11)26(10-7-22)13(4-2)16(20(15)27)21(28)29/h5-6,8-9H,3-4,7,10H2,1-2H3,(H,28,29). The van der Waals surface area contributed by atoms with E-state index < -0.39 is 35.3 Å². The average Bonchev–Trinajstić information content (AvgIpc) is 2.70. The van der Waals surface area contributed by atoms with Gasteiger partial charge in [0, 0.05) is 23.7 Å². The van der Waals surface area contributed by atoms with Crippen LogP contribution >= 0.6 is 0 Å². The Hall–Kier alpha value is -3.16. The van der Waals surface area contributed by atoms with Gasteiger partial charge in [-0.1, -0.05) is 13.8 Å².